The molecule has 1 aromatic rings. The summed E-state index contributed by atoms with van der Waals surface area (Å²) in [6.45, 7) is 3.57. The molecule has 0 amide bonds. The Morgan fingerprint density at radius 2 is 1.89 bits per heavy atom. The van der Waals surface area contributed by atoms with E-state index in [4.69, 9.17) is 11.6 Å². The van der Waals surface area contributed by atoms with E-state index < -0.39 is 0 Å². The molecule has 0 bridgehead atoms. The molecule has 1 aliphatic rings. The average Bonchev–Trinajstić information content (AvgIpc) is 2.38. The van der Waals surface area contributed by atoms with Gasteiger partial charge in [-0.05, 0) is 44.0 Å². The van der Waals surface area contributed by atoms with Gasteiger partial charge >= 0.3 is 0 Å². The van der Waals surface area contributed by atoms with E-state index in [2.05, 4.69) is 50.1 Å². The van der Waals surface area contributed by atoms with Gasteiger partial charge in [0.2, 0.25) is 0 Å². The topological polar surface area (TPSA) is 6.48 Å². The fourth-order valence-corrected chi connectivity index (χ4v) is 3.10. The molecular weight excluding hydrogens is 359 g/mol. The summed E-state index contributed by atoms with van der Waals surface area (Å²) in [5.74, 6) is 0. The molecule has 1 fully saturated rings. The highest BCUT2D eigenvalue weighted by Gasteiger charge is 2.20. The summed E-state index contributed by atoms with van der Waals surface area (Å²) in [4.78, 5) is 2.51. The van der Waals surface area contributed by atoms with Crippen LogP contribution in [0, 0.1) is 0 Å². The van der Waals surface area contributed by atoms with E-state index in [9.17, 15) is 0 Å². The predicted molar refractivity (Wildman–Crippen MR) is 86.4 cm³/mol. The quantitative estimate of drug-likeness (QED) is 0.583. The van der Waals surface area contributed by atoms with Crippen LogP contribution in [0.3, 0.4) is 0 Å². The summed E-state index contributed by atoms with van der Waals surface area (Å²) >= 11 is 8.32. The number of benzene rings is 1. The van der Waals surface area contributed by atoms with E-state index in [1.54, 1.807) is 0 Å². The standard InChI is InChI=1S/C14H20ClIN2/c1-17(14-7-10-18(16)11-8-14)9-6-12-2-4-13(15)5-3-12/h2-5,14H,6-11H2,1H3. The molecule has 1 saturated heterocycles. The number of rotatable bonds is 4. The Kier molecular flexibility index (Phi) is 5.73. The third kappa shape index (κ3) is 4.37. The molecule has 0 spiro atoms. The Morgan fingerprint density at radius 1 is 1.28 bits per heavy atom. The normalized spacial score (nSPS) is 18.4. The third-order valence-corrected chi connectivity index (χ3v) is 4.92. The minimum absolute atomic E-state index is 0.753. The van der Waals surface area contributed by atoms with Crippen LogP contribution in [-0.2, 0) is 6.42 Å². The highest BCUT2D eigenvalue weighted by molar-refractivity contribution is 14.1. The van der Waals surface area contributed by atoms with Gasteiger partial charge in [-0.2, -0.15) is 0 Å². The zero-order chi connectivity index (χ0) is 13.0. The maximum absolute atomic E-state index is 5.89. The van der Waals surface area contributed by atoms with Crippen molar-refractivity contribution in [1.29, 1.82) is 0 Å². The lowest BCUT2D eigenvalue weighted by Gasteiger charge is -2.34. The molecule has 0 atom stereocenters. The monoisotopic (exact) mass is 378 g/mol. The summed E-state index contributed by atoms with van der Waals surface area (Å²) < 4.78 is 2.39. The maximum Gasteiger partial charge on any atom is 0.0406 e. The molecule has 18 heavy (non-hydrogen) atoms. The van der Waals surface area contributed by atoms with E-state index in [0.717, 1.165) is 24.0 Å². The van der Waals surface area contributed by atoms with E-state index in [1.807, 2.05) is 12.1 Å². The molecule has 1 aromatic carbocycles. The van der Waals surface area contributed by atoms with Gasteiger partial charge in [0.05, 0.1) is 0 Å². The molecule has 2 nitrogen and oxygen atoms in total. The van der Waals surface area contributed by atoms with Crippen molar-refractivity contribution < 1.29 is 0 Å². The molecule has 0 aromatic heterocycles. The average molecular weight is 379 g/mol. The van der Waals surface area contributed by atoms with E-state index in [1.165, 1.54) is 31.5 Å². The molecule has 0 aliphatic carbocycles. The van der Waals surface area contributed by atoms with Crippen molar-refractivity contribution in [2.75, 3.05) is 26.7 Å². The number of nitrogens with zero attached hydrogens (tertiary/aromatic N) is 2. The number of hydrogen-bond donors (Lipinski definition) is 0. The van der Waals surface area contributed by atoms with Crippen molar-refractivity contribution in [3.8, 4) is 0 Å². The molecule has 1 aliphatic heterocycles. The second-order valence-corrected chi connectivity index (χ2v) is 6.80. The summed E-state index contributed by atoms with van der Waals surface area (Å²) in [5.41, 5.74) is 1.37. The summed E-state index contributed by atoms with van der Waals surface area (Å²) in [7, 11) is 2.25. The molecule has 4 heteroatoms. The molecule has 100 valence electrons. The second-order valence-electron chi connectivity index (χ2n) is 5.00. The summed E-state index contributed by atoms with van der Waals surface area (Å²) in [5, 5.41) is 0.821. The Hall–Kier alpha value is 0.160. The van der Waals surface area contributed by atoms with Crippen LogP contribution in [0.2, 0.25) is 5.02 Å². The fraction of sp³-hybridized carbons (Fsp3) is 0.571. The van der Waals surface area contributed by atoms with Crippen molar-refractivity contribution in [3.63, 3.8) is 0 Å². The van der Waals surface area contributed by atoms with E-state index >= 15 is 0 Å². The number of halogens is 2. The van der Waals surface area contributed by atoms with Gasteiger partial charge in [0.15, 0.2) is 0 Å². The van der Waals surface area contributed by atoms with Crippen molar-refractivity contribution in [1.82, 2.24) is 8.01 Å². The van der Waals surface area contributed by atoms with Crippen molar-refractivity contribution in [2.45, 2.75) is 25.3 Å². The second kappa shape index (κ2) is 7.08. The maximum atomic E-state index is 5.89. The van der Waals surface area contributed by atoms with Crippen LogP contribution >= 0.6 is 34.5 Å². The molecule has 2 rings (SSSR count). The first-order chi connectivity index (χ1) is 8.65. The van der Waals surface area contributed by atoms with Gasteiger partial charge < -0.3 is 4.90 Å². The largest absolute Gasteiger partial charge is 0.303 e. The van der Waals surface area contributed by atoms with Gasteiger partial charge in [0, 0.05) is 53.6 Å². The summed E-state index contributed by atoms with van der Waals surface area (Å²) in [6, 6.07) is 8.97. The van der Waals surface area contributed by atoms with Crippen LogP contribution in [-0.4, -0.2) is 40.7 Å². The highest BCUT2D eigenvalue weighted by atomic mass is 127. The lowest BCUT2D eigenvalue weighted by molar-refractivity contribution is 0.181. The fourth-order valence-electron chi connectivity index (χ4n) is 2.41. The lowest BCUT2D eigenvalue weighted by atomic mass is 10.0. The number of piperidine rings is 1. The Balaban J connectivity index is 1.77. The van der Waals surface area contributed by atoms with Crippen LogP contribution in [0.4, 0.5) is 0 Å². The summed E-state index contributed by atoms with van der Waals surface area (Å²) in [6.07, 6.45) is 3.69. The first kappa shape index (κ1) is 14.6. The van der Waals surface area contributed by atoms with Gasteiger partial charge in [-0.3, -0.25) is 0 Å². The van der Waals surface area contributed by atoms with Gasteiger partial charge in [0.1, 0.15) is 0 Å². The number of likely N-dealkylation sites (N-methyl/N-ethyl adjacent to an activating group) is 1. The van der Waals surface area contributed by atoms with E-state index in [-0.39, 0.29) is 0 Å². The van der Waals surface area contributed by atoms with Crippen molar-refractivity contribution >= 4 is 34.5 Å². The molecule has 0 N–H and O–H groups in total. The zero-order valence-corrected chi connectivity index (χ0v) is 13.7. The lowest BCUT2D eigenvalue weighted by Crippen LogP contribution is -2.40. The van der Waals surface area contributed by atoms with Gasteiger partial charge in [-0.15, -0.1) is 0 Å². The van der Waals surface area contributed by atoms with Crippen LogP contribution in [0.15, 0.2) is 24.3 Å². The molecule has 1 heterocycles. The minimum Gasteiger partial charge on any atom is -0.303 e. The smallest absolute Gasteiger partial charge is 0.0406 e. The zero-order valence-electron chi connectivity index (χ0n) is 10.8. The SMILES string of the molecule is CN(CCc1ccc(Cl)cc1)C1CCN(I)CC1. The first-order valence-electron chi connectivity index (χ1n) is 6.50. The first-order valence-corrected chi connectivity index (χ1v) is 7.85. The Labute approximate surface area is 129 Å². The van der Waals surface area contributed by atoms with Gasteiger partial charge in [-0.1, -0.05) is 23.7 Å². The predicted octanol–water partition coefficient (Wildman–Crippen LogP) is 3.63. The highest BCUT2D eigenvalue weighted by Crippen LogP contribution is 2.18. The molecule has 0 unspecified atom stereocenters. The van der Waals surface area contributed by atoms with Crippen LogP contribution < -0.4 is 0 Å². The minimum atomic E-state index is 0.753. The van der Waals surface area contributed by atoms with Crippen LogP contribution in [0.1, 0.15) is 18.4 Å². The van der Waals surface area contributed by atoms with E-state index in [0.29, 0.717) is 0 Å². The van der Waals surface area contributed by atoms with Gasteiger partial charge in [0.25, 0.3) is 0 Å². The molecule has 0 saturated carbocycles. The number of hydrogen-bond acceptors (Lipinski definition) is 2. The molecule has 0 radical (unpaired) electrons. The van der Waals surface area contributed by atoms with Crippen molar-refractivity contribution in [3.05, 3.63) is 34.9 Å². The Morgan fingerprint density at radius 3 is 2.50 bits per heavy atom. The van der Waals surface area contributed by atoms with Gasteiger partial charge in [-0.25, -0.2) is 3.11 Å². The Bertz CT molecular complexity index is 361. The third-order valence-electron chi connectivity index (χ3n) is 3.70. The van der Waals surface area contributed by atoms with Crippen molar-refractivity contribution in [2.24, 2.45) is 0 Å². The van der Waals surface area contributed by atoms with Crippen LogP contribution in [0.25, 0.3) is 0 Å². The molecular formula is C14H20ClIN2. The van der Waals surface area contributed by atoms with Crippen LogP contribution in [0.5, 0.6) is 0 Å².